The molecule has 0 nitrogen and oxygen atoms in total. The lowest BCUT2D eigenvalue weighted by molar-refractivity contribution is 1.74. The van der Waals surface area contributed by atoms with E-state index in [1.54, 1.807) is 0 Å². The molecule has 0 N–H and O–H groups in total. The minimum absolute atomic E-state index is 0.484. The molecule has 126 valence electrons. The van der Waals surface area contributed by atoms with E-state index in [4.69, 9.17) is 0 Å². The first-order valence-electron chi connectivity index (χ1n) is 9.11. The van der Waals surface area contributed by atoms with Crippen LogP contribution < -0.4 is 21.5 Å². The van der Waals surface area contributed by atoms with Crippen LogP contribution in [0.25, 0.3) is 0 Å². The van der Waals surface area contributed by atoms with Crippen molar-refractivity contribution in [3.8, 4) is 0 Å². The summed E-state index contributed by atoms with van der Waals surface area (Å²) in [7, 11) is -0.484. The Kier molecular flexibility index (Phi) is 5.29. The lowest BCUT2D eigenvalue weighted by Crippen LogP contribution is -2.45. The molecular formula is C24H21BP-. The van der Waals surface area contributed by atoms with Gasteiger partial charge in [-0.05, 0) is 0 Å². The van der Waals surface area contributed by atoms with Crippen molar-refractivity contribution in [1.82, 2.24) is 0 Å². The molecule has 0 saturated carbocycles. The Labute approximate surface area is 157 Å². The molecule has 0 bridgehead atoms. The normalized spacial score (nSPS) is 11.0. The highest BCUT2D eigenvalue weighted by atomic mass is 31.1. The van der Waals surface area contributed by atoms with Gasteiger partial charge in [-0.25, -0.2) is 18.7 Å². The Balaban J connectivity index is 1.93. The summed E-state index contributed by atoms with van der Waals surface area (Å²) in [5.74, 6) is 0. The van der Waals surface area contributed by atoms with Gasteiger partial charge in [-0.15, -0.1) is 0 Å². The van der Waals surface area contributed by atoms with Crippen molar-refractivity contribution >= 4 is 35.8 Å². The van der Waals surface area contributed by atoms with Crippen LogP contribution in [-0.2, 0) is 0 Å². The van der Waals surface area contributed by atoms with Gasteiger partial charge in [0.2, 0.25) is 0 Å². The molecular weight excluding hydrogens is 330 g/mol. The van der Waals surface area contributed by atoms with Gasteiger partial charge in [0.1, 0.15) is 0 Å². The third-order valence-corrected chi connectivity index (χ3v) is 8.12. The minimum atomic E-state index is -0.740. The van der Waals surface area contributed by atoms with Crippen LogP contribution in [0.2, 0.25) is 0 Å². The summed E-state index contributed by atoms with van der Waals surface area (Å²) >= 11 is 0. The Morgan fingerprint density at radius 3 is 1.04 bits per heavy atom. The second-order valence-corrected chi connectivity index (χ2v) is 9.08. The molecule has 0 aliphatic rings. The summed E-state index contributed by atoms with van der Waals surface area (Å²) in [5, 5.41) is 2.89. The number of hydrogen-bond donors (Lipinski definition) is 0. The minimum Gasteiger partial charge on any atom is -0.208 e. The van der Waals surface area contributed by atoms with E-state index in [1.165, 1.54) is 21.5 Å². The fraction of sp³-hybridized carbons (Fsp3) is 0. The van der Waals surface area contributed by atoms with Crippen LogP contribution in [0.4, 0.5) is 0 Å². The first kappa shape index (κ1) is 16.8. The third kappa shape index (κ3) is 3.64. The van der Waals surface area contributed by atoms with Gasteiger partial charge in [-0.3, -0.25) is 0 Å². The van der Waals surface area contributed by atoms with Crippen LogP contribution in [0.15, 0.2) is 121 Å². The predicted molar refractivity (Wildman–Crippen MR) is 118 cm³/mol. The lowest BCUT2D eigenvalue weighted by Gasteiger charge is -2.37. The standard InChI is InChI=1S/C24H21BP/c1-5-13-21(14-6-1)25(22-15-7-2-8-16-22)26(23-17-9-3-10-18-23)24-19-11-4-12-20-24/h1-20,25H/q-1. The largest absolute Gasteiger partial charge is 0.208 e. The zero-order valence-electron chi connectivity index (χ0n) is 14.7. The molecule has 26 heavy (non-hydrogen) atoms. The second kappa shape index (κ2) is 8.17. The molecule has 0 aliphatic heterocycles. The van der Waals surface area contributed by atoms with Gasteiger partial charge in [-0.1, -0.05) is 132 Å². The van der Waals surface area contributed by atoms with Crippen LogP contribution in [0, 0.1) is 0 Å². The van der Waals surface area contributed by atoms with Crippen molar-refractivity contribution in [2.75, 3.05) is 0 Å². The number of hydrogen-bond acceptors (Lipinski definition) is 0. The average Bonchev–Trinajstić information content (AvgIpc) is 2.74. The summed E-state index contributed by atoms with van der Waals surface area (Å²) in [6, 6.07) is 44.2. The van der Waals surface area contributed by atoms with Crippen molar-refractivity contribution < 1.29 is 0 Å². The molecule has 0 unspecified atom stereocenters. The number of benzene rings is 4. The van der Waals surface area contributed by atoms with Gasteiger partial charge in [0.25, 0.3) is 0 Å². The molecule has 0 atom stereocenters. The molecule has 0 radical (unpaired) electrons. The van der Waals surface area contributed by atoms with Crippen molar-refractivity contribution in [3.63, 3.8) is 0 Å². The van der Waals surface area contributed by atoms with Crippen molar-refractivity contribution in [1.29, 1.82) is 0 Å². The predicted octanol–water partition coefficient (Wildman–Crippen LogP) is 3.66. The Morgan fingerprint density at radius 2 is 0.692 bits per heavy atom. The fourth-order valence-corrected chi connectivity index (χ4v) is 6.98. The monoisotopic (exact) mass is 351 g/mol. The lowest BCUT2D eigenvalue weighted by atomic mass is 9.62. The first-order valence-corrected chi connectivity index (χ1v) is 10.6. The quantitative estimate of drug-likeness (QED) is 0.380. The summed E-state index contributed by atoms with van der Waals surface area (Å²) in [5.41, 5.74) is 2.91. The second-order valence-electron chi connectivity index (χ2n) is 6.56. The van der Waals surface area contributed by atoms with Crippen LogP contribution >= 0.6 is 7.80 Å². The van der Waals surface area contributed by atoms with Gasteiger partial charge in [-0.2, -0.15) is 0 Å². The van der Waals surface area contributed by atoms with Crippen molar-refractivity contribution in [3.05, 3.63) is 121 Å². The van der Waals surface area contributed by atoms with E-state index in [0.717, 1.165) is 0 Å². The van der Waals surface area contributed by atoms with Crippen molar-refractivity contribution in [2.24, 2.45) is 0 Å². The third-order valence-electron chi connectivity index (χ3n) is 4.91. The Hall–Kier alpha value is -2.63. The molecule has 0 aromatic heterocycles. The molecule has 2 heteroatoms. The van der Waals surface area contributed by atoms with E-state index >= 15 is 0 Å². The van der Waals surface area contributed by atoms with Crippen molar-refractivity contribution in [2.45, 2.75) is 0 Å². The van der Waals surface area contributed by atoms with E-state index in [9.17, 15) is 0 Å². The summed E-state index contributed by atoms with van der Waals surface area (Å²) in [6.07, 6.45) is -0.740. The molecule has 4 aromatic carbocycles. The van der Waals surface area contributed by atoms with Gasteiger partial charge >= 0.3 is 0 Å². The van der Waals surface area contributed by atoms with Crippen LogP contribution in [-0.4, -0.2) is 6.43 Å². The van der Waals surface area contributed by atoms with Crippen LogP contribution in [0.3, 0.4) is 0 Å². The summed E-state index contributed by atoms with van der Waals surface area (Å²) in [6.45, 7) is 0. The van der Waals surface area contributed by atoms with Gasteiger partial charge < -0.3 is 0 Å². The fourth-order valence-electron chi connectivity index (χ4n) is 3.73. The van der Waals surface area contributed by atoms with E-state index in [2.05, 4.69) is 121 Å². The zero-order valence-corrected chi connectivity index (χ0v) is 15.6. The first-order chi connectivity index (χ1) is 12.9. The van der Waals surface area contributed by atoms with E-state index in [1.807, 2.05) is 0 Å². The smallest absolute Gasteiger partial charge is 0.0751 e. The van der Waals surface area contributed by atoms with E-state index in [-0.39, 0.29) is 0 Å². The summed E-state index contributed by atoms with van der Waals surface area (Å²) < 4.78 is 0. The number of rotatable bonds is 5. The maximum Gasteiger partial charge on any atom is 0.0751 e. The Bertz CT molecular complexity index is 765. The molecule has 0 heterocycles. The van der Waals surface area contributed by atoms with Gasteiger partial charge in [0.15, 0.2) is 0 Å². The maximum absolute atomic E-state index is 2.30. The van der Waals surface area contributed by atoms with Crippen LogP contribution in [0.1, 0.15) is 0 Å². The maximum atomic E-state index is 2.30. The topological polar surface area (TPSA) is 0 Å². The highest BCUT2D eigenvalue weighted by molar-refractivity contribution is 8.04. The van der Waals surface area contributed by atoms with Crippen LogP contribution in [0.5, 0.6) is 0 Å². The average molecular weight is 351 g/mol. The highest BCUT2D eigenvalue weighted by Gasteiger charge is 2.20. The van der Waals surface area contributed by atoms with Gasteiger partial charge in [0.05, 0.1) is 6.43 Å². The molecule has 0 spiro atoms. The highest BCUT2D eigenvalue weighted by Crippen LogP contribution is 2.36. The molecule has 0 amide bonds. The van der Waals surface area contributed by atoms with E-state index < -0.39 is 14.2 Å². The van der Waals surface area contributed by atoms with Gasteiger partial charge in [0, 0.05) is 0 Å². The molecule has 4 rings (SSSR count). The molecule has 0 saturated heterocycles. The molecule has 0 aliphatic carbocycles. The Morgan fingerprint density at radius 1 is 0.385 bits per heavy atom. The molecule has 0 fully saturated rings. The van der Waals surface area contributed by atoms with E-state index in [0.29, 0.717) is 0 Å². The molecule has 4 aromatic rings. The zero-order chi connectivity index (χ0) is 17.6. The SMILES string of the molecule is c1ccc([BH-](c2ccccc2)P(c2ccccc2)c2ccccc2)cc1. The summed E-state index contributed by atoms with van der Waals surface area (Å²) in [4.78, 5) is 0.